The second-order valence-corrected chi connectivity index (χ2v) is 9.60. The Morgan fingerprint density at radius 2 is 2.00 bits per heavy atom. The molecule has 0 spiro atoms. The number of anilines is 1. The number of ether oxygens (including phenoxy) is 1. The Morgan fingerprint density at radius 1 is 1.24 bits per heavy atom. The fourth-order valence-electron chi connectivity index (χ4n) is 4.63. The zero-order chi connectivity index (χ0) is 23.6. The van der Waals surface area contributed by atoms with Gasteiger partial charge in [0.25, 0.3) is 5.91 Å². The Bertz CT molecular complexity index is 1060. The molecule has 2 aliphatic rings. The molecule has 2 aromatic rings. The lowest BCUT2D eigenvalue weighted by molar-refractivity contribution is -0.127. The first-order valence-electron chi connectivity index (χ1n) is 11.4. The van der Waals surface area contributed by atoms with Crippen molar-refractivity contribution < 1.29 is 19.1 Å². The van der Waals surface area contributed by atoms with Crippen LogP contribution in [0.3, 0.4) is 0 Å². The van der Waals surface area contributed by atoms with E-state index in [1.54, 1.807) is 30.5 Å². The van der Waals surface area contributed by atoms with E-state index in [9.17, 15) is 14.4 Å². The molecule has 2 heterocycles. The first-order valence-corrected chi connectivity index (χ1v) is 12.6. The summed E-state index contributed by atoms with van der Waals surface area (Å²) in [6.07, 6.45) is 7.21. The zero-order valence-corrected chi connectivity index (χ0v) is 20.1. The summed E-state index contributed by atoms with van der Waals surface area (Å²) < 4.78 is 6.52. The minimum Gasteiger partial charge on any atom is -0.461 e. The maximum atomic E-state index is 13.7. The molecule has 0 radical (unpaired) electrons. The van der Waals surface area contributed by atoms with Gasteiger partial charge in [-0.2, -0.15) is 5.10 Å². The number of benzene rings is 1. The van der Waals surface area contributed by atoms with Crippen LogP contribution in [0.5, 0.6) is 0 Å². The molecule has 1 fully saturated rings. The van der Waals surface area contributed by atoms with Crippen LogP contribution in [-0.2, 0) is 16.1 Å². The first-order chi connectivity index (χ1) is 15.9. The molecule has 1 aliphatic carbocycles. The summed E-state index contributed by atoms with van der Waals surface area (Å²) >= 11 is 1.57. The van der Waals surface area contributed by atoms with Crippen molar-refractivity contribution in [2.45, 2.75) is 69.0 Å². The van der Waals surface area contributed by atoms with E-state index in [1.165, 1.54) is 17.2 Å². The predicted molar refractivity (Wildman–Crippen MR) is 127 cm³/mol. The highest BCUT2D eigenvalue weighted by molar-refractivity contribution is 7.98. The van der Waals surface area contributed by atoms with E-state index in [0.717, 1.165) is 30.6 Å². The number of hydrogen-bond donors (Lipinski definition) is 1. The Balaban J connectivity index is 1.75. The van der Waals surface area contributed by atoms with Gasteiger partial charge in [-0.05, 0) is 51.1 Å². The van der Waals surface area contributed by atoms with Crippen molar-refractivity contribution >= 4 is 35.2 Å². The van der Waals surface area contributed by atoms with E-state index in [-0.39, 0.29) is 42.4 Å². The number of nitrogens with one attached hydrogen (secondary N) is 1. The third kappa shape index (κ3) is 4.51. The summed E-state index contributed by atoms with van der Waals surface area (Å²) in [6.45, 7) is 3.83. The summed E-state index contributed by atoms with van der Waals surface area (Å²) in [4.78, 5) is 42.2. The number of esters is 1. The van der Waals surface area contributed by atoms with E-state index in [1.807, 2.05) is 30.5 Å². The molecule has 0 saturated heterocycles. The van der Waals surface area contributed by atoms with Crippen LogP contribution in [0.25, 0.3) is 0 Å². The van der Waals surface area contributed by atoms with Crippen LogP contribution < -0.4 is 10.2 Å². The summed E-state index contributed by atoms with van der Waals surface area (Å²) in [5.41, 5.74) is -0.250. The lowest BCUT2D eigenvalue weighted by Gasteiger charge is -2.44. The third-order valence-electron chi connectivity index (χ3n) is 6.38. The second kappa shape index (κ2) is 9.59. The van der Waals surface area contributed by atoms with E-state index >= 15 is 0 Å². The Kier molecular flexibility index (Phi) is 6.78. The lowest BCUT2D eigenvalue weighted by Crippen LogP contribution is -2.65. The number of fused-ring (bicyclic) bond motifs is 1. The minimum atomic E-state index is -1.21. The highest BCUT2D eigenvalue weighted by Gasteiger charge is 2.49. The number of carbonyl (C=O) groups excluding carboxylic acids is 3. The summed E-state index contributed by atoms with van der Waals surface area (Å²) in [6, 6.07) is 9.14. The van der Waals surface area contributed by atoms with Crippen molar-refractivity contribution in [1.29, 1.82) is 0 Å². The molecule has 176 valence electrons. The number of amides is 2. The highest BCUT2D eigenvalue weighted by atomic mass is 32.2. The minimum absolute atomic E-state index is 0.0648. The maximum absolute atomic E-state index is 13.7. The molecule has 1 unspecified atom stereocenters. The van der Waals surface area contributed by atoms with Gasteiger partial charge in [0.2, 0.25) is 5.91 Å². The van der Waals surface area contributed by atoms with Crippen LogP contribution >= 0.6 is 11.8 Å². The number of aromatic nitrogens is 2. The van der Waals surface area contributed by atoms with Crippen molar-refractivity contribution in [3.63, 3.8) is 0 Å². The quantitative estimate of drug-likeness (QED) is 0.512. The van der Waals surface area contributed by atoms with Gasteiger partial charge < -0.3 is 10.1 Å². The maximum Gasteiger partial charge on any atom is 0.358 e. The Labute approximate surface area is 198 Å². The van der Waals surface area contributed by atoms with Crippen molar-refractivity contribution in [1.82, 2.24) is 15.1 Å². The normalized spacial score (nSPS) is 20.9. The van der Waals surface area contributed by atoms with Crippen molar-refractivity contribution in [3.8, 4) is 0 Å². The molecule has 1 saturated carbocycles. The van der Waals surface area contributed by atoms with Gasteiger partial charge in [0.1, 0.15) is 11.2 Å². The average Bonchev–Trinajstić information content (AvgIpc) is 3.24. The number of hydrogen-bond acceptors (Lipinski definition) is 6. The largest absolute Gasteiger partial charge is 0.461 e. The smallest absolute Gasteiger partial charge is 0.358 e. The number of carbonyl (C=O) groups is 3. The van der Waals surface area contributed by atoms with Gasteiger partial charge in [-0.25, -0.2) is 4.79 Å². The highest BCUT2D eigenvalue weighted by Crippen LogP contribution is 2.35. The molecule has 8 nitrogen and oxygen atoms in total. The monoisotopic (exact) mass is 470 g/mol. The number of rotatable bonds is 6. The van der Waals surface area contributed by atoms with Crippen molar-refractivity contribution in [3.05, 3.63) is 41.7 Å². The van der Waals surface area contributed by atoms with Crippen LogP contribution in [-0.4, -0.2) is 52.0 Å². The first kappa shape index (κ1) is 23.4. The van der Waals surface area contributed by atoms with E-state index in [0.29, 0.717) is 5.69 Å². The molecule has 33 heavy (non-hydrogen) atoms. The van der Waals surface area contributed by atoms with Crippen LogP contribution in [0.15, 0.2) is 35.2 Å². The fraction of sp³-hybridized carbons (Fsp3) is 0.500. The van der Waals surface area contributed by atoms with Crippen LogP contribution in [0, 0.1) is 0 Å². The van der Waals surface area contributed by atoms with Crippen LogP contribution in [0.2, 0.25) is 0 Å². The molecule has 9 heteroatoms. The average molecular weight is 471 g/mol. The fourth-order valence-corrected chi connectivity index (χ4v) is 5.08. The topological polar surface area (TPSA) is 93.5 Å². The second-order valence-electron chi connectivity index (χ2n) is 8.72. The Hall–Kier alpha value is -2.81. The van der Waals surface area contributed by atoms with E-state index in [4.69, 9.17) is 4.74 Å². The third-order valence-corrected chi connectivity index (χ3v) is 7.10. The molecule has 1 aromatic carbocycles. The lowest BCUT2D eigenvalue weighted by atomic mass is 9.91. The molecule has 2 amide bonds. The summed E-state index contributed by atoms with van der Waals surface area (Å²) in [7, 11) is 0. The van der Waals surface area contributed by atoms with Crippen LogP contribution in [0.1, 0.15) is 66.9 Å². The Morgan fingerprint density at radius 3 is 2.70 bits per heavy atom. The van der Waals surface area contributed by atoms with Gasteiger partial charge in [-0.3, -0.25) is 19.2 Å². The summed E-state index contributed by atoms with van der Waals surface area (Å²) in [5, 5.41) is 7.50. The number of nitrogens with zero attached hydrogens (tertiary/aromatic N) is 3. The van der Waals surface area contributed by atoms with Crippen molar-refractivity contribution in [2.75, 3.05) is 17.8 Å². The van der Waals surface area contributed by atoms with E-state index in [2.05, 4.69) is 10.4 Å². The SMILES string of the molecule is CCOC(=O)c1cc2n(n1)CC(C)(C(=O)NC1CCCCC1)N(c1cccc(SC)c1)C2=O. The van der Waals surface area contributed by atoms with Gasteiger partial charge in [0, 0.05) is 22.7 Å². The molecule has 1 aliphatic heterocycles. The molecule has 1 aromatic heterocycles. The molecular formula is C24H30N4O4S. The van der Waals surface area contributed by atoms with Gasteiger partial charge in [0.05, 0.1) is 13.2 Å². The molecule has 1 atom stereocenters. The predicted octanol–water partition coefficient (Wildman–Crippen LogP) is 3.65. The van der Waals surface area contributed by atoms with E-state index < -0.39 is 11.5 Å². The van der Waals surface area contributed by atoms with Gasteiger partial charge in [-0.1, -0.05) is 25.3 Å². The number of thioether (sulfide) groups is 1. The zero-order valence-electron chi connectivity index (χ0n) is 19.3. The molecule has 4 rings (SSSR count). The molecule has 1 N–H and O–H groups in total. The van der Waals surface area contributed by atoms with Gasteiger partial charge in [-0.15, -0.1) is 11.8 Å². The molecular weight excluding hydrogens is 440 g/mol. The van der Waals surface area contributed by atoms with Gasteiger partial charge >= 0.3 is 5.97 Å². The van der Waals surface area contributed by atoms with Crippen molar-refractivity contribution in [2.24, 2.45) is 0 Å². The summed E-state index contributed by atoms with van der Waals surface area (Å²) in [5.74, 6) is -1.17. The molecule has 0 bridgehead atoms. The standard InChI is InChI=1S/C24H30N4O4S/c1-4-32-22(30)19-14-20-21(29)28(17-11-8-12-18(13-17)33-3)24(2,15-27(20)26-19)23(31)25-16-9-6-5-7-10-16/h8,11-14,16H,4-7,9-10,15H2,1-3H3,(H,25,31). The van der Waals surface area contributed by atoms with Crippen LogP contribution in [0.4, 0.5) is 5.69 Å². The van der Waals surface area contributed by atoms with Gasteiger partial charge in [0.15, 0.2) is 5.69 Å².